The van der Waals surface area contributed by atoms with Gasteiger partial charge in [0.1, 0.15) is 11.6 Å². The molecule has 0 spiro atoms. The first-order chi connectivity index (χ1) is 8.25. The van der Waals surface area contributed by atoms with Crippen LogP contribution in [0.4, 0.5) is 0 Å². The number of carbonyl (C=O) groups excluding carboxylic acids is 2. The molecule has 2 nitrogen and oxygen atoms in total. The maximum atomic E-state index is 11.8. The number of ketones is 2. The number of carbonyl (C=O) groups is 2. The predicted octanol–water partition coefficient (Wildman–Crippen LogP) is 2.95. The molecule has 0 N–H and O–H groups in total. The lowest BCUT2D eigenvalue weighted by Crippen LogP contribution is -2.12. The van der Waals surface area contributed by atoms with Crippen LogP contribution in [0, 0.1) is 5.92 Å². The van der Waals surface area contributed by atoms with Crippen molar-refractivity contribution >= 4 is 11.6 Å². The molecule has 0 aromatic heterocycles. The molecule has 1 unspecified atom stereocenters. The molecule has 17 heavy (non-hydrogen) atoms. The van der Waals surface area contributed by atoms with Crippen molar-refractivity contribution < 1.29 is 9.59 Å². The summed E-state index contributed by atoms with van der Waals surface area (Å²) in [5, 5.41) is 0. The maximum Gasteiger partial charge on any atom is 0.136 e. The molecule has 1 aliphatic carbocycles. The van der Waals surface area contributed by atoms with Gasteiger partial charge in [-0.25, -0.2) is 0 Å². The van der Waals surface area contributed by atoms with E-state index in [2.05, 4.69) is 0 Å². The Kier molecular flexibility index (Phi) is 4.08. The van der Waals surface area contributed by atoms with Crippen molar-refractivity contribution in [3.8, 4) is 0 Å². The third kappa shape index (κ3) is 3.52. The van der Waals surface area contributed by atoms with E-state index in [0.717, 1.165) is 19.3 Å². The number of hydrogen-bond acceptors (Lipinski definition) is 2. The molecule has 1 atom stereocenters. The van der Waals surface area contributed by atoms with Crippen molar-refractivity contribution in [1.82, 2.24) is 0 Å². The molecule has 0 aliphatic heterocycles. The van der Waals surface area contributed by atoms with E-state index >= 15 is 0 Å². The Labute approximate surface area is 102 Å². The standard InChI is InChI=1S/C15H18O2/c16-14(11-13-7-4-8-15(13)17)10-9-12-5-2-1-3-6-12/h1-3,5-6,13H,4,7-11H2. The van der Waals surface area contributed by atoms with Crippen LogP contribution in [0.2, 0.25) is 0 Å². The van der Waals surface area contributed by atoms with Gasteiger partial charge in [-0.2, -0.15) is 0 Å². The molecule has 0 saturated heterocycles. The first-order valence-electron chi connectivity index (χ1n) is 6.34. The minimum atomic E-state index is 0.0262. The van der Waals surface area contributed by atoms with Crippen LogP contribution in [0.15, 0.2) is 30.3 Å². The van der Waals surface area contributed by atoms with Gasteiger partial charge in [0.15, 0.2) is 0 Å². The zero-order valence-corrected chi connectivity index (χ0v) is 10.0. The average molecular weight is 230 g/mol. The summed E-state index contributed by atoms with van der Waals surface area (Å²) >= 11 is 0. The van der Waals surface area contributed by atoms with E-state index in [1.54, 1.807) is 0 Å². The van der Waals surface area contributed by atoms with Crippen molar-refractivity contribution in [3.05, 3.63) is 35.9 Å². The summed E-state index contributed by atoms with van der Waals surface area (Å²) in [6.07, 6.45) is 4.38. The van der Waals surface area contributed by atoms with Gasteiger partial charge in [-0.1, -0.05) is 30.3 Å². The summed E-state index contributed by atoms with van der Waals surface area (Å²) in [5.41, 5.74) is 1.19. The van der Waals surface area contributed by atoms with Crippen molar-refractivity contribution in [2.45, 2.75) is 38.5 Å². The predicted molar refractivity (Wildman–Crippen MR) is 66.7 cm³/mol. The van der Waals surface area contributed by atoms with E-state index in [0.29, 0.717) is 19.3 Å². The Balaban J connectivity index is 1.76. The average Bonchev–Trinajstić information content (AvgIpc) is 2.74. The fraction of sp³-hybridized carbons (Fsp3) is 0.467. The Morgan fingerprint density at radius 1 is 1.24 bits per heavy atom. The van der Waals surface area contributed by atoms with Crippen molar-refractivity contribution in [1.29, 1.82) is 0 Å². The Morgan fingerprint density at radius 2 is 2.00 bits per heavy atom. The van der Waals surface area contributed by atoms with Gasteiger partial charge in [-0.05, 0) is 24.8 Å². The zero-order valence-electron chi connectivity index (χ0n) is 10.0. The number of Topliss-reactive ketones (excluding diaryl/α,β-unsaturated/α-hetero) is 2. The third-order valence-electron chi connectivity index (χ3n) is 3.44. The monoisotopic (exact) mass is 230 g/mol. The summed E-state index contributed by atoms with van der Waals surface area (Å²) in [6.45, 7) is 0. The highest BCUT2D eigenvalue weighted by molar-refractivity contribution is 5.89. The van der Waals surface area contributed by atoms with E-state index in [9.17, 15) is 9.59 Å². The SMILES string of the molecule is O=C(CCc1ccccc1)CC1CCCC1=O. The lowest BCUT2D eigenvalue weighted by atomic mass is 9.97. The van der Waals surface area contributed by atoms with E-state index in [-0.39, 0.29) is 17.5 Å². The number of aryl methyl sites for hydroxylation is 1. The summed E-state index contributed by atoms with van der Waals surface area (Å²) in [4.78, 5) is 23.2. The molecule has 90 valence electrons. The van der Waals surface area contributed by atoms with Crippen LogP contribution in [0.5, 0.6) is 0 Å². The molecule has 0 heterocycles. The highest BCUT2D eigenvalue weighted by atomic mass is 16.1. The molecular weight excluding hydrogens is 212 g/mol. The smallest absolute Gasteiger partial charge is 0.136 e. The van der Waals surface area contributed by atoms with Gasteiger partial charge in [0.25, 0.3) is 0 Å². The lowest BCUT2D eigenvalue weighted by molar-refractivity contribution is -0.126. The maximum absolute atomic E-state index is 11.8. The largest absolute Gasteiger partial charge is 0.300 e. The number of hydrogen-bond donors (Lipinski definition) is 0. The van der Waals surface area contributed by atoms with Crippen LogP contribution >= 0.6 is 0 Å². The van der Waals surface area contributed by atoms with Gasteiger partial charge >= 0.3 is 0 Å². The van der Waals surface area contributed by atoms with Gasteiger partial charge < -0.3 is 0 Å². The second-order valence-electron chi connectivity index (χ2n) is 4.78. The van der Waals surface area contributed by atoms with Gasteiger partial charge in [0, 0.05) is 25.2 Å². The van der Waals surface area contributed by atoms with Crippen molar-refractivity contribution in [2.24, 2.45) is 5.92 Å². The van der Waals surface area contributed by atoms with Crippen LogP contribution < -0.4 is 0 Å². The quantitative estimate of drug-likeness (QED) is 0.779. The second kappa shape index (κ2) is 5.76. The molecule has 1 fully saturated rings. The zero-order chi connectivity index (χ0) is 12.1. The minimum absolute atomic E-state index is 0.0262. The van der Waals surface area contributed by atoms with Crippen LogP contribution in [0.3, 0.4) is 0 Å². The molecule has 0 radical (unpaired) electrons. The van der Waals surface area contributed by atoms with Gasteiger partial charge in [-0.3, -0.25) is 9.59 Å². The lowest BCUT2D eigenvalue weighted by Gasteiger charge is -2.06. The first-order valence-corrected chi connectivity index (χ1v) is 6.34. The van der Waals surface area contributed by atoms with Gasteiger partial charge in [0.05, 0.1) is 0 Å². The molecular formula is C15H18O2. The molecule has 2 rings (SSSR count). The Hall–Kier alpha value is -1.44. The molecule has 1 aliphatic rings. The number of benzene rings is 1. The number of rotatable bonds is 5. The summed E-state index contributed by atoms with van der Waals surface area (Å²) in [5.74, 6) is 0.547. The molecule has 2 heteroatoms. The van der Waals surface area contributed by atoms with Crippen molar-refractivity contribution in [2.75, 3.05) is 0 Å². The van der Waals surface area contributed by atoms with Crippen LogP contribution in [0.25, 0.3) is 0 Å². The topological polar surface area (TPSA) is 34.1 Å². The van der Waals surface area contributed by atoms with E-state index < -0.39 is 0 Å². The van der Waals surface area contributed by atoms with Gasteiger partial charge in [0.2, 0.25) is 0 Å². The molecule has 0 bridgehead atoms. The first kappa shape index (κ1) is 12.0. The van der Waals surface area contributed by atoms with E-state index in [4.69, 9.17) is 0 Å². The third-order valence-corrected chi connectivity index (χ3v) is 3.44. The highest BCUT2D eigenvalue weighted by Gasteiger charge is 2.26. The highest BCUT2D eigenvalue weighted by Crippen LogP contribution is 2.25. The van der Waals surface area contributed by atoms with Crippen LogP contribution in [0.1, 0.15) is 37.7 Å². The Bertz CT molecular complexity index is 395. The minimum Gasteiger partial charge on any atom is -0.300 e. The van der Waals surface area contributed by atoms with E-state index in [1.165, 1.54) is 5.56 Å². The normalized spacial score (nSPS) is 19.5. The van der Waals surface area contributed by atoms with Crippen LogP contribution in [-0.4, -0.2) is 11.6 Å². The molecule has 1 saturated carbocycles. The van der Waals surface area contributed by atoms with Crippen molar-refractivity contribution in [3.63, 3.8) is 0 Å². The van der Waals surface area contributed by atoms with Crippen LogP contribution in [-0.2, 0) is 16.0 Å². The Morgan fingerprint density at radius 3 is 2.65 bits per heavy atom. The fourth-order valence-corrected chi connectivity index (χ4v) is 2.41. The fourth-order valence-electron chi connectivity index (χ4n) is 2.41. The molecule has 1 aromatic carbocycles. The summed E-state index contributed by atoms with van der Waals surface area (Å²) in [6, 6.07) is 10.0. The molecule has 0 amide bonds. The summed E-state index contributed by atoms with van der Waals surface area (Å²) in [7, 11) is 0. The van der Waals surface area contributed by atoms with Gasteiger partial charge in [-0.15, -0.1) is 0 Å². The summed E-state index contributed by atoms with van der Waals surface area (Å²) < 4.78 is 0. The molecule has 1 aromatic rings. The van der Waals surface area contributed by atoms with E-state index in [1.807, 2.05) is 30.3 Å². The second-order valence-corrected chi connectivity index (χ2v) is 4.78.